The summed E-state index contributed by atoms with van der Waals surface area (Å²) in [5.41, 5.74) is 12.0. The van der Waals surface area contributed by atoms with Crippen LogP contribution in [0.4, 0.5) is 0 Å². The molecule has 14 rings (SSSR count). The fraction of sp³-hybridized carbons (Fsp3) is 0. The van der Waals surface area contributed by atoms with E-state index in [1.54, 1.807) is 0 Å². The maximum absolute atomic E-state index is 5.22. The summed E-state index contributed by atoms with van der Waals surface area (Å²) in [6.45, 7) is 0. The van der Waals surface area contributed by atoms with Gasteiger partial charge in [0, 0.05) is 49.6 Å². The van der Waals surface area contributed by atoms with Gasteiger partial charge >= 0.3 is 0 Å². The second kappa shape index (κ2) is 15.2. The van der Waals surface area contributed by atoms with Crippen LogP contribution in [0.25, 0.3) is 133 Å². The lowest BCUT2D eigenvalue weighted by atomic mass is 10.0. The van der Waals surface area contributed by atoms with E-state index in [9.17, 15) is 0 Å². The topological polar surface area (TPSA) is 48.5 Å². The highest BCUT2D eigenvalue weighted by molar-refractivity contribution is 6.25. The molecular weight excluding hydrogens is 827 g/mol. The molecule has 0 bridgehead atoms. The number of benzene rings is 11. The summed E-state index contributed by atoms with van der Waals surface area (Å²) < 4.78 is 4.90. The second-order valence-electron chi connectivity index (χ2n) is 17.6. The third-order valence-corrected chi connectivity index (χ3v) is 13.7. The molecule has 0 aliphatic carbocycles. The van der Waals surface area contributed by atoms with Crippen molar-refractivity contribution in [2.24, 2.45) is 0 Å². The van der Waals surface area contributed by atoms with Crippen molar-refractivity contribution in [3.63, 3.8) is 0 Å². The van der Waals surface area contributed by atoms with Crippen molar-refractivity contribution in [2.45, 2.75) is 0 Å². The lowest BCUT2D eigenvalue weighted by molar-refractivity contribution is 1.08. The average Bonchev–Trinajstić information content (AvgIpc) is 3.92. The highest BCUT2D eigenvalue weighted by Crippen LogP contribution is 2.43. The van der Waals surface area contributed by atoms with Crippen LogP contribution in [0.2, 0.25) is 0 Å². The minimum atomic E-state index is 0.630. The van der Waals surface area contributed by atoms with Gasteiger partial charge in [-0.15, -0.1) is 0 Å². The average molecular weight is 866 g/mol. The summed E-state index contributed by atoms with van der Waals surface area (Å²) in [6, 6.07) is 84.7. The molecule has 0 unspecified atom stereocenters. The lowest BCUT2D eigenvalue weighted by Gasteiger charge is -2.13. The Kier molecular flexibility index (Phi) is 8.52. The molecule has 68 heavy (non-hydrogen) atoms. The predicted molar refractivity (Wildman–Crippen MR) is 283 cm³/mol. The van der Waals surface area contributed by atoms with Crippen molar-refractivity contribution >= 4 is 75.9 Å². The molecule has 0 aliphatic rings. The number of fused-ring (bicyclic) bond motifs is 10. The summed E-state index contributed by atoms with van der Waals surface area (Å²) >= 11 is 0. The van der Waals surface area contributed by atoms with Gasteiger partial charge in [0.1, 0.15) is 0 Å². The zero-order chi connectivity index (χ0) is 44.7. The van der Waals surface area contributed by atoms with E-state index in [1.165, 1.54) is 54.1 Å². The summed E-state index contributed by atoms with van der Waals surface area (Å²) in [4.78, 5) is 15.5. The van der Waals surface area contributed by atoms with E-state index in [2.05, 4.69) is 221 Å². The highest BCUT2D eigenvalue weighted by Gasteiger charge is 2.21. The van der Waals surface area contributed by atoms with Crippen LogP contribution in [0.1, 0.15) is 0 Å². The minimum Gasteiger partial charge on any atom is -0.309 e. The molecule has 0 amide bonds. The summed E-state index contributed by atoms with van der Waals surface area (Å²) in [6.07, 6.45) is 0. The normalized spacial score (nSPS) is 11.8. The van der Waals surface area contributed by atoms with E-state index in [4.69, 9.17) is 15.0 Å². The first kappa shape index (κ1) is 38.1. The van der Waals surface area contributed by atoms with Crippen LogP contribution in [0.15, 0.2) is 237 Å². The van der Waals surface area contributed by atoms with Crippen LogP contribution in [-0.2, 0) is 0 Å². The van der Waals surface area contributed by atoms with E-state index in [1.807, 2.05) is 24.3 Å². The van der Waals surface area contributed by atoms with E-state index in [0.29, 0.717) is 17.5 Å². The molecule has 3 heterocycles. The number of hydrogen-bond donors (Lipinski definition) is 0. The summed E-state index contributed by atoms with van der Waals surface area (Å²) in [7, 11) is 0. The van der Waals surface area contributed by atoms with Crippen LogP contribution < -0.4 is 0 Å². The molecule has 316 valence electrons. The van der Waals surface area contributed by atoms with Gasteiger partial charge in [-0.25, -0.2) is 15.0 Å². The maximum Gasteiger partial charge on any atom is 0.164 e. The predicted octanol–water partition coefficient (Wildman–Crippen LogP) is 16.2. The van der Waals surface area contributed by atoms with Gasteiger partial charge in [0.2, 0.25) is 0 Å². The van der Waals surface area contributed by atoms with Crippen molar-refractivity contribution in [2.75, 3.05) is 0 Å². The van der Waals surface area contributed by atoms with Crippen molar-refractivity contribution in [3.05, 3.63) is 237 Å². The Bertz CT molecular complexity index is 4320. The van der Waals surface area contributed by atoms with Crippen LogP contribution in [-0.4, -0.2) is 24.1 Å². The first-order valence-corrected chi connectivity index (χ1v) is 23.1. The fourth-order valence-corrected chi connectivity index (χ4v) is 10.5. The van der Waals surface area contributed by atoms with Gasteiger partial charge in [-0.2, -0.15) is 0 Å². The van der Waals surface area contributed by atoms with Gasteiger partial charge in [0.05, 0.1) is 22.1 Å². The summed E-state index contributed by atoms with van der Waals surface area (Å²) in [5, 5.41) is 12.0. The number of aromatic nitrogens is 5. The largest absolute Gasteiger partial charge is 0.309 e. The van der Waals surface area contributed by atoms with Gasteiger partial charge in [-0.3, -0.25) is 0 Å². The quantitative estimate of drug-likeness (QED) is 0.167. The smallest absolute Gasteiger partial charge is 0.164 e. The van der Waals surface area contributed by atoms with Crippen LogP contribution in [0.5, 0.6) is 0 Å². The first-order valence-electron chi connectivity index (χ1n) is 23.1. The van der Waals surface area contributed by atoms with Crippen molar-refractivity contribution in [3.8, 4) is 56.7 Å². The van der Waals surface area contributed by atoms with E-state index in [0.717, 1.165) is 61.0 Å². The van der Waals surface area contributed by atoms with Crippen LogP contribution in [0.3, 0.4) is 0 Å². The highest BCUT2D eigenvalue weighted by atomic mass is 15.0. The van der Waals surface area contributed by atoms with Crippen molar-refractivity contribution in [1.82, 2.24) is 24.1 Å². The van der Waals surface area contributed by atoms with Gasteiger partial charge in [-0.05, 0) is 98.0 Å². The van der Waals surface area contributed by atoms with Crippen molar-refractivity contribution < 1.29 is 0 Å². The number of rotatable bonds is 6. The second-order valence-corrected chi connectivity index (χ2v) is 17.6. The molecule has 5 nitrogen and oxygen atoms in total. The molecule has 0 atom stereocenters. The minimum absolute atomic E-state index is 0.630. The Labute approximate surface area is 391 Å². The fourth-order valence-electron chi connectivity index (χ4n) is 10.5. The van der Waals surface area contributed by atoms with Crippen LogP contribution >= 0.6 is 0 Å². The van der Waals surface area contributed by atoms with E-state index < -0.39 is 0 Å². The lowest BCUT2D eigenvalue weighted by Crippen LogP contribution is -2.01. The summed E-state index contributed by atoms with van der Waals surface area (Å²) in [5.74, 6) is 1.89. The Balaban J connectivity index is 0.972. The van der Waals surface area contributed by atoms with E-state index in [-0.39, 0.29) is 0 Å². The molecule has 0 fully saturated rings. The number of para-hydroxylation sites is 1. The molecule has 0 saturated heterocycles. The van der Waals surface area contributed by atoms with Gasteiger partial charge in [-0.1, -0.05) is 182 Å². The molecule has 0 aliphatic heterocycles. The first-order chi connectivity index (χ1) is 33.7. The molecule has 14 aromatic rings. The molecule has 11 aromatic carbocycles. The monoisotopic (exact) mass is 865 g/mol. The molecule has 0 radical (unpaired) electrons. The molecular formula is C63H39N5. The standard InChI is InChI=1S/C63H39N5/c1-3-15-40(16-4-1)44-22-13-24-47(35-44)62-64-61(43-19-5-2-6-20-43)65-63(66-62)53-27-14-23-46-37-49(32-33-50(46)53)67-56-28-12-11-26-52(56)54-38-55-59(39-58(54)67)68(48-31-29-41-17-7-8-21-45(41)36-48)57-34-30-42-18-9-10-25-51(42)60(55)57/h1-39H. The van der Waals surface area contributed by atoms with Gasteiger partial charge in [0.25, 0.3) is 0 Å². The van der Waals surface area contributed by atoms with Gasteiger partial charge in [0.15, 0.2) is 17.5 Å². The molecule has 0 saturated carbocycles. The molecule has 5 heteroatoms. The van der Waals surface area contributed by atoms with Crippen molar-refractivity contribution in [1.29, 1.82) is 0 Å². The Hall–Kier alpha value is -9.19. The SMILES string of the molecule is c1ccc(-c2cccc(-c3nc(-c4ccccc4)nc(-c4cccc5cc(-n6c7ccccc7c7cc8c9c%10ccccc%10ccc9n(-c9ccc%10ccccc%10c9)c8cc76)ccc45)n3)c2)cc1. The molecule has 0 spiro atoms. The maximum atomic E-state index is 5.22. The van der Waals surface area contributed by atoms with Crippen LogP contribution in [0, 0.1) is 0 Å². The van der Waals surface area contributed by atoms with E-state index >= 15 is 0 Å². The Morgan fingerprint density at radius 1 is 0.250 bits per heavy atom. The molecule has 0 N–H and O–H groups in total. The van der Waals surface area contributed by atoms with Gasteiger partial charge < -0.3 is 9.13 Å². The number of nitrogens with zero attached hydrogens (tertiary/aromatic N) is 5. The zero-order valence-electron chi connectivity index (χ0n) is 36.8. The molecule has 3 aromatic heterocycles. The number of hydrogen-bond acceptors (Lipinski definition) is 3. The third-order valence-electron chi connectivity index (χ3n) is 13.7. The third kappa shape index (κ3) is 6.06. The zero-order valence-corrected chi connectivity index (χ0v) is 36.8. The Morgan fingerprint density at radius 3 is 1.66 bits per heavy atom. The Morgan fingerprint density at radius 2 is 0.824 bits per heavy atom.